The van der Waals surface area contributed by atoms with Gasteiger partial charge in [0.1, 0.15) is 5.75 Å². The van der Waals surface area contributed by atoms with Crippen LogP contribution in [-0.2, 0) is 0 Å². The fourth-order valence-electron chi connectivity index (χ4n) is 3.50. The lowest BCUT2D eigenvalue weighted by atomic mass is 9.85. The SMILES string of the molecule is CC(CO)NC(c1ccc(F)c(Oc2ccccc2)c1F)C1CCNCC1. The summed E-state index contributed by atoms with van der Waals surface area (Å²) in [7, 11) is 0. The summed E-state index contributed by atoms with van der Waals surface area (Å²) in [5, 5.41) is 16.0. The Hall–Kier alpha value is -2.02. The summed E-state index contributed by atoms with van der Waals surface area (Å²) in [6.07, 6.45) is 1.75. The average molecular weight is 376 g/mol. The van der Waals surface area contributed by atoms with Crippen molar-refractivity contribution in [3.8, 4) is 11.5 Å². The largest absolute Gasteiger partial charge is 0.451 e. The first-order valence-corrected chi connectivity index (χ1v) is 9.38. The summed E-state index contributed by atoms with van der Waals surface area (Å²) < 4.78 is 35.1. The molecule has 2 aromatic rings. The van der Waals surface area contributed by atoms with Crippen LogP contribution >= 0.6 is 0 Å². The van der Waals surface area contributed by atoms with Gasteiger partial charge in [-0.25, -0.2) is 8.78 Å². The molecule has 0 radical (unpaired) electrons. The molecule has 1 aliphatic rings. The van der Waals surface area contributed by atoms with E-state index in [-0.39, 0.29) is 24.6 Å². The number of aliphatic hydroxyl groups is 1. The topological polar surface area (TPSA) is 53.5 Å². The molecular weight excluding hydrogens is 350 g/mol. The number of benzene rings is 2. The third-order valence-electron chi connectivity index (χ3n) is 4.97. The molecule has 1 fully saturated rings. The van der Waals surface area contributed by atoms with Crippen LogP contribution in [0.1, 0.15) is 31.4 Å². The molecule has 6 heteroatoms. The first-order chi connectivity index (χ1) is 13.1. The Bertz CT molecular complexity index is 736. The number of ether oxygens (including phenoxy) is 1. The molecule has 0 spiro atoms. The molecule has 1 saturated heterocycles. The molecule has 27 heavy (non-hydrogen) atoms. The van der Waals surface area contributed by atoms with Crippen LogP contribution in [-0.4, -0.2) is 30.8 Å². The number of para-hydroxylation sites is 1. The Balaban J connectivity index is 1.94. The standard InChI is InChI=1S/C21H26F2N2O2/c1-14(13-26)25-20(15-9-11-24-12-10-15)17-7-8-18(22)21(19(17)23)27-16-5-3-2-4-6-16/h2-8,14-15,20,24-26H,9-13H2,1H3. The second kappa shape index (κ2) is 9.26. The van der Waals surface area contributed by atoms with Crippen LogP contribution in [0.2, 0.25) is 0 Å². The van der Waals surface area contributed by atoms with E-state index in [2.05, 4.69) is 10.6 Å². The van der Waals surface area contributed by atoms with Gasteiger partial charge in [-0.15, -0.1) is 0 Å². The van der Waals surface area contributed by atoms with Gasteiger partial charge < -0.3 is 20.5 Å². The van der Waals surface area contributed by atoms with Gasteiger partial charge in [0.15, 0.2) is 17.4 Å². The number of rotatable bonds is 7. The molecule has 4 nitrogen and oxygen atoms in total. The van der Waals surface area contributed by atoms with Crippen molar-refractivity contribution in [3.63, 3.8) is 0 Å². The monoisotopic (exact) mass is 376 g/mol. The highest BCUT2D eigenvalue weighted by atomic mass is 19.1. The quantitative estimate of drug-likeness (QED) is 0.689. The normalized spacial score (nSPS) is 17.5. The summed E-state index contributed by atoms with van der Waals surface area (Å²) in [6.45, 7) is 3.49. The van der Waals surface area contributed by atoms with Gasteiger partial charge in [0.2, 0.25) is 0 Å². The minimum Gasteiger partial charge on any atom is -0.451 e. The molecule has 0 bridgehead atoms. The van der Waals surface area contributed by atoms with Crippen molar-refractivity contribution in [2.75, 3.05) is 19.7 Å². The number of halogens is 2. The van der Waals surface area contributed by atoms with E-state index in [1.165, 1.54) is 12.1 Å². The highest BCUT2D eigenvalue weighted by Crippen LogP contribution is 2.36. The van der Waals surface area contributed by atoms with Gasteiger partial charge in [-0.1, -0.05) is 24.3 Å². The molecule has 3 rings (SSSR count). The van der Waals surface area contributed by atoms with E-state index in [0.717, 1.165) is 25.9 Å². The summed E-state index contributed by atoms with van der Waals surface area (Å²) in [5.41, 5.74) is 0.370. The lowest BCUT2D eigenvalue weighted by molar-refractivity contribution is 0.205. The Morgan fingerprint density at radius 3 is 2.52 bits per heavy atom. The van der Waals surface area contributed by atoms with Gasteiger partial charge in [0.25, 0.3) is 0 Å². The first kappa shape index (κ1) is 19.7. The molecule has 146 valence electrons. The fourth-order valence-corrected chi connectivity index (χ4v) is 3.50. The van der Waals surface area contributed by atoms with Crippen LogP contribution in [0.5, 0.6) is 11.5 Å². The lowest BCUT2D eigenvalue weighted by Gasteiger charge is -2.34. The predicted octanol–water partition coefficient (Wildman–Crippen LogP) is 3.77. The summed E-state index contributed by atoms with van der Waals surface area (Å²) in [5.74, 6) is -1.26. The molecule has 3 N–H and O–H groups in total. The third kappa shape index (κ3) is 4.83. The van der Waals surface area contributed by atoms with Crippen molar-refractivity contribution in [2.24, 2.45) is 5.92 Å². The maximum Gasteiger partial charge on any atom is 0.198 e. The van der Waals surface area contributed by atoms with Crippen molar-refractivity contribution in [1.82, 2.24) is 10.6 Å². The molecule has 2 atom stereocenters. The van der Waals surface area contributed by atoms with E-state index in [9.17, 15) is 9.50 Å². The van der Waals surface area contributed by atoms with Gasteiger partial charge in [-0.2, -0.15) is 0 Å². The summed E-state index contributed by atoms with van der Waals surface area (Å²) in [4.78, 5) is 0. The van der Waals surface area contributed by atoms with Gasteiger partial charge in [0, 0.05) is 17.6 Å². The molecule has 2 aromatic carbocycles. The number of hydrogen-bond donors (Lipinski definition) is 3. The van der Waals surface area contributed by atoms with Crippen LogP contribution in [0.4, 0.5) is 8.78 Å². The van der Waals surface area contributed by atoms with Gasteiger partial charge >= 0.3 is 0 Å². The van der Waals surface area contributed by atoms with Crippen LogP contribution in [0.25, 0.3) is 0 Å². The van der Waals surface area contributed by atoms with Crippen molar-refractivity contribution in [2.45, 2.75) is 31.8 Å². The minimum absolute atomic E-state index is 0.0579. The smallest absolute Gasteiger partial charge is 0.198 e. The van der Waals surface area contributed by atoms with Crippen LogP contribution in [0.3, 0.4) is 0 Å². The highest BCUT2D eigenvalue weighted by Gasteiger charge is 2.30. The second-order valence-electron chi connectivity index (χ2n) is 7.01. The van der Waals surface area contributed by atoms with Crippen molar-refractivity contribution < 1.29 is 18.6 Å². The van der Waals surface area contributed by atoms with Crippen LogP contribution in [0, 0.1) is 17.6 Å². The minimum atomic E-state index is -0.737. The summed E-state index contributed by atoms with van der Waals surface area (Å²) in [6, 6.07) is 10.8. The molecular formula is C21H26F2N2O2. The molecule has 2 unspecified atom stereocenters. The Kier molecular flexibility index (Phi) is 6.77. The fraction of sp³-hybridized carbons (Fsp3) is 0.429. The van der Waals surface area contributed by atoms with Crippen LogP contribution in [0.15, 0.2) is 42.5 Å². The zero-order chi connectivity index (χ0) is 19.2. The average Bonchev–Trinajstić information content (AvgIpc) is 2.71. The van der Waals surface area contributed by atoms with E-state index >= 15 is 4.39 Å². The Labute approximate surface area is 158 Å². The number of piperidine rings is 1. The van der Waals surface area contributed by atoms with Crippen molar-refractivity contribution in [3.05, 3.63) is 59.7 Å². The zero-order valence-electron chi connectivity index (χ0n) is 15.4. The molecule has 1 heterocycles. The lowest BCUT2D eigenvalue weighted by Crippen LogP contribution is -2.41. The Morgan fingerprint density at radius 2 is 1.85 bits per heavy atom. The molecule has 0 aromatic heterocycles. The van der Waals surface area contributed by atoms with E-state index in [4.69, 9.17) is 4.74 Å². The van der Waals surface area contributed by atoms with Gasteiger partial charge in [0.05, 0.1) is 6.61 Å². The number of hydrogen-bond acceptors (Lipinski definition) is 4. The number of aliphatic hydroxyl groups excluding tert-OH is 1. The molecule has 0 aliphatic carbocycles. The maximum absolute atomic E-state index is 15.3. The van der Waals surface area contributed by atoms with E-state index in [1.54, 1.807) is 24.3 Å². The van der Waals surface area contributed by atoms with E-state index in [1.807, 2.05) is 13.0 Å². The van der Waals surface area contributed by atoms with E-state index in [0.29, 0.717) is 11.3 Å². The van der Waals surface area contributed by atoms with E-state index < -0.39 is 17.4 Å². The Morgan fingerprint density at radius 1 is 1.15 bits per heavy atom. The maximum atomic E-state index is 15.3. The highest BCUT2D eigenvalue weighted by molar-refractivity contribution is 5.38. The van der Waals surface area contributed by atoms with Gasteiger partial charge in [-0.3, -0.25) is 0 Å². The van der Waals surface area contributed by atoms with Crippen molar-refractivity contribution in [1.29, 1.82) is 0 Å². The molecule has 0 amide bonds. The molecule has 0 saturated carbocycles. The summed E-state index contributed by atoms with van der Waals surface area (Å²) >= 11 is 0. The predicted molar refractivity (Wildman–Crippen MR) is 101 cm³/mol. The number of nitrogens with one attached hydrogen (secondary N) is 2. The van der Waals surface area contributed by atoms with Crippen LogP contribution < -0.4 is 15.4 Å². The first-order valence-electron chi connectivity index (χ1n) is 9.38. The second-order valence-corrected chi connectivity index (χ2v) is 7.01. The van der Waals surface area contributed by atoms with Crippen molar-refractivity contribution >= 4 is 0 Å². The zero-order valence-corrected chi connectivity index (χ0v) is 15.4. The van der Waals surface area contributed by atoms with Gasteiger partial charge in [-0.05, 0) is 57.0 Å². The third-order valence-corrected chi connectivity index (χ3v) is 4.97. The molecule has 1 aliphatic heterocycles.